The van der Waals surface area contributed by atoms with Crippen LogP contribution in [0.4, 0.5) is 0 Å². The third kappa shape index (κ3) is 3.29. The van der Waals surface area contributed by atoms with Gasteiger partial charge in [-0.25, -0.2) is 4.79 Å². The van der Waals surface area contributed by atoms with Crippen LogP contribution < -0.4 is 11.1 Å². The second-order valence-corrected chi connectivity index (χ2v) is 4.27. The van der Waals surface area contributed by atoms with Gasteiger partial charge in [0.05, 0.1) is 11.1 Å². The number of H-pyrrole nitrogens is 1. The standard InChI is InChI=1S/C14H11N3O3.ClH/c18-13(10-2-1-5-15-8-10)16-7-9-3-4-12-11(6-9)17-14(19)20-12;/h1-6,8H,7H2,(H,16,18)(H,17,19);1H. The molecule has 1 amide bonds. The number of benzene rings is 1. The number of carbonyl (C=O) groups excluding carboxylic acids is 1. The van der Waals surface area contributed by atoms with E-state index in [-0.39, 0.29) is 18.3 Å². The summed E-state index contributed by atoms with van der Waals surface area (Å²) >= 11 is 0. The molecule has 3 aromatic rings. The molecule has 2 aromatic heterocycles. The number of aromatic nitrogens is 2. The van der Waals surface area contributed by atoms with Gasteiger partial charge in [0.15, 0.2) is 5.58 Å². The van der Waals surface area contributed by atoms with Crippen LogP contribution in [0.1, 0.15) is 15.9 Å². The Bertz CT molecular complexity index is 811. The minimum absolute atomic E-state index is 0. The van der Waals surface area contributed by atoms with Crippen LogP contribution >= 0.6 is 12.4 Å². The van der Waals surface area contributed by atoms with E-state index in [2.05, 4.69) is 15.3 Å². The number of nitrogens with one attached hydrogen (secondary N) is 2. The molecule has 0 aliphatic heterocycles. The topological polar surface area (TPSA) is 88.0 Å². The van der Waals surface area contributed by atoms with Crippen LogP contribution in [0.5, 0.6) is 0 Å². The van der Waals surface area contributed by atoms with Crippen molar-refractivity contribution in [2.75, 3.05) is 0 Å². The average Bonchev–Trinajstić information content (AvgIpc) is 2.85. The molecule has 0 spiro atoms. The summed E-state index contributed by atoms with van der Waals surface area (Å²) in [5.74, 6) is -0.685. The van der Waals surface area contributed by atoms with Crippen molar-refractivity contribution in [3.05, 3.63) is 64.4 Å². The van der Waals surface area contributed by atoms with Gasteiger partial charge >= 0.3 is 5.76 Å². The maximum atomic E-state index is 11.9. The average molecular weight is 306 g/mol. The fourth-order valence-corrected chi connectivity index (χ4v) is 1.89. The number of hydrogen-bond acceptors (Lipinski definition) is 4. The van der Waals surface area contributed by atoms with E-state index in [1.807, 2.05) is 0 Å². The first-order valence-corrected chi connectivity index (χ1v) is 6.02. The minimum atomic E-state index is -0.489. The Labute approximate surface area is 125 Å². The summed E-state index contributed by atoms with van der Waals surface area (Å²) in [7, 11) is 0. The summed E-state index contributed by atoms with van der Waals surface area (Å²) in [6.07, 6.45) is 3.12. The van der Waals surface area contributed by atoms with Gasteiger partial charge < -0.3 is 9.73 Å². The molecular formula is C14H12ClN3O3. The predicted molar refractivity (Wildman–Crippen MR) is 79.5 cm³/mol. The Kier molecular flexibility index (Phi) is 4.39. The molecule has 0 atom stereocenters. The van der Waals surface area contributed by atoms with Crippen LogP contribution in [0, 0.1) is 0 Å². The number of nitrogens with zero attached hydrogens (tertiary/aromatic N) is 1. The Morgan fingerprint density at radius 3 is 2.95 bits per heavy atom. The second-order valence-electron chi connectivity index (χ2n) is 4.27. The van der Waals surface area contributed by atoms with E-state index in [0.29, 0.717) is 23.2 Å². The van der Waals surface area contributed by atoms with Crippen LogP contribution in [0.2, 0.25) is 0 Å². The largest absolute Gasteiger partial charge is 0.417 e. The van der Waals surface area contributed by atoms with Crippen molar-refractivity contribution >= 4 is 29.4 Å². The molecule has 0 bridgehead atoms. The summed E-state index contributed by atoms with van der Waals surface area (Å²) in [6, 6.07) is 8.65. The van der Waals surface area contributed by atoms with E-state index in [1.54, 1.807) is 36.5 Å². The Balaban J connectivity index is 0.00000161. The second kappa shape index (κ2) is 6.23. The van der Waals surface area contributed by atoms with Crippen molar-refractivity contribution in [1.29, 1.82) is 0 Å². The van der Waals surface area contributed by atoms with E-state index in [1.165, 1.54) is 6.20 Å². The summed E-state index contributed by atoms with van der Waals surface area (Å²) in [5, 5.41) is 2.79. The zero-order valence-corrected chi connectivity index (χ0v) is 11.6. The molecule has 0 aliphatic carbocycles. The lowest BCUT2D eigenvalue weighted by molar-refractivity contribution is 0.0950. The normalized spacial score (nSPS) is 10.1. The van der Waals surface area contributed by atoms with Crippen molar-refractivity contribution in [2.24, 2.45) is 0 Å². The zero-order chi connectivity index (χ0) is 13.9. The maximum absolute atomic E-state index is 11.9. The maximum Gasteiger partial charge on any atom is 0.417 e. The van der Waals surface area contributed by atoms with Gasteiger partial charge in [-0.15, -0.1) is 12.4 Å². The summed E-state index contributed by atoms with van der Waals surface area (Å²) in [4.78, 5) is 29.4. The van der Waals surface area contributed by atoms with Gasteiger partial charge in [-0.3, -0.25) is 14.8 Å². The van der Waals surface area contributed by atoms with Crippen LogP contribution in [0.15, 0.2) is 51.9 Å². The number of hydrogen-bond donors (Lipinski definition) is 2. The van der Waals surface area contributed by atoms with Gasteiger partial charge in [-0.05, 0) is 29.8 Å². The number of carbonyl (C=O) groups is 1. The van der Waals surface area contributed by atoms with Gasteiger partial charge in [0.25, 0.3) is 5.91 Å². The monoisotopic (exact) mass is 305 g/mol. The van der Waals surface area contributed by atoms with E-state index < -0.39 is 5.76 Å². The summed E-state index contributed by atoms with van der Waals surface area (Å²) < 4.78 is 4.91. The first-order valence-electron chi connectivity index (χ1n) is 6.02. The third-order valence-corrected chi connectivity index (χ3v) is 2.86. The van der Waals surface area contributed by atoms with Gasteiger partial charge in [-0.1, -0.05) is 6.07 Å². The molecule has 0 radical (unpaired) electrons. The summed E-state index contributed by atoms with van der Waals surface area (Å²) in [5.41, 5.74) is 2.48. The molecule has 3 rings (SSSR count). The summed E-state index contributed by atoms with van der Waals surface area (Å²) in [6.45, 7) is 0.358. The highest BCUT2D eigenvalue weighted by molar-refractivity contribution is 5.93. The number of rotatable bonds is 3. The predicted octanol–water partition coefficient (Wildman–Crippen LogP) is 1.87. The molecule has 108 valence electrons. The molecule has 0 unspecified atom stereocenters. The first-order chi connectivity index (χ1) is 9.72. The van der Waals surface area contributed by atoms with E-state index in [4.69, 9.17) is 4.42 Å². The van der Waals surface area contributed by atoms with Crippen LogP contribution in [0.3, 0.4) is 0 Å². The van der Waals surface area contributed by atoms with Crippen molar-refractivity contribution in [3.63, 3.8) is 0 Å². The molecule has 21 heavy (non-hydrogen) atoms. The molecular weight excluding hydrogens is 294 g/mol. The molecule has 2 N–H and O–H groups in total. The lowest BCUT2D eigenvalue weighted by Crippen LogP contribution is -2.22. The fourth-order valence-electron chi connectivity index (χ4n) is 1.89. The van der Waals surface area contributed by atoms with Crippen LogP contribution in [-0.4, -0.2) is 15.9 Å². The highest BCUT2D eigenvalue weighted by Gasteiger charge is 2.06. The van der Waals surface area contributed by atoms with E-state index >= 15 is 0 Å². The van der Waals surface area contributed by atoms with Crippen molar-refractivity contribution in [2.45, 2.75) is 6.54 Å². The van der Waals surface area contributed by atoms with Crippen LogP contribution in [0.25, 0.3) is 11.1 Å². The first kappa shape index (κ1) is 14.8. The molecule has 1 aromatic carbocycles. The molecule has 0 saturated carbocycles. The smallest absolute Gasteiger partial charge is 0.408 e. The van der Waals surface area contributed by atoms with Crippen molar-refractivity contribution < 1.29 is 9.21 Å². The highest BCUT2D eigenvalue weighted by Crippen LogP contribution is 2.12. The SMILES string of the molecule is Cl.O=C(NCc1ccc2oc(=O)[nH]c2c1)c1cccnc1. The molecule has 0 saturated heterocycles. The Morgan fingerprint density at radius 1 is 1.33 bits per heavy atom. The van der Waals surface area contributed by atoms with Crippen LogP contribution in [-0.2, 0) is 6.54 Å². The van der Waals surface area contributed by atoms with Crippen molar-refractivity contribution in [3.8, 4) is 0 Å². The number of fused-ring (bicyclic) bond motifs is 1. The van der Waals surface area contributed by atoms with Gasteiger partial charge in [0, 0.05) is 18.9 Å². The number of aromatic amines is 1. The zero-order valence-electron chi connectivity index (χ0n) is 10.8. The number of halogens is 1. The third-order valence-electron chi connectivity index (χ3n) is 2.86. The van der Waals surface area contributed by atoms with Crippen molar-refractivity contribution in [1.82, 2.24) is 15.3 Å². The number of pyridine rings is 1. The number of oxazole rings is 1. The molecule has 6 nitrogen and oxygen atoms in total. The van der Waals surface area contributed by atoms with Gasteiger partial charge in [0.1, 0.15) is 0 Å². The van der Waals surface area contributed by atoms with Gasteiger partial charge in [0.2, 0.25) is 0 Å². The fraction of sp³-hybridized carbons (Fsp3) is 0.0714. The highest BCUT2D eigenvalue weighted by atomic mass is 35.5. The lowest BCUT2D eigenvalue weighted by atomic mass is 10.2. The molecule has 0 fully saturated rings. The molecule has 0 aliphatic rings. The molecule has 7 heteroatoms. The Hall–Kier alpha value is -2.60. The minimum Gasteiger partial charge on any atom is -0.408 e. The lowest BCUT2D eigenvalue weighted by Gasteiger charge is -2.04. The van der Waals surface area contributed by atoms with E-state index in [9.17, 15) is 9.59 Å². The number of amides is 1. The van der Waals surface area contributed by atoms with Gasteiger partial charge in [-0.2, -0.15) is 0 Å². The Morgan fingerprint density at radius 2 is 2.19 bits per heavy atom. The molecule has 2 heterocycles. The quantitative estimate of drug-likeness (QED) is 0.773. The van der Waals surface area contributed by atoms with E-state index in [0.717, 1.165) is 5.56 Å².